The van der Waals surface area contributed by atoms with Crippen molar-refractivity contribution >= 4 is 22.5 Å². The van der Waals surface area contributed by atoms with Gasteiger partial charge in [-0.3, -0.25) is 9.89 Å². The van der Waals surface area contributed by atoms with Crippen LogP contribution in [0.2, 0.25) is 0 Å². The fourth-order valence-corrected chi connectivity index (χ4v) is 2.44. The second kappa shape index (κ2) is 6.18. The molecule has 1 aromatic heterocycles. The van der Waals surface area contributed by atoms with E-state index in [2.05, 4.69) is 15.5 Å². The summed E-state index contributed by atoms with van der Waals surface area (Å²) in [6.07, 6.45) is -1.21. The number of carbonyl (C=O) groups is 1. The summed E-state index contributed by atoms with van der Waals surface area (Å²) in [4.78, 5) is 12.0. The first kappa shape index (κ1) is 15.2. The van der Waals surface area contributed by atoms with Gasteiger partial charge in [0.15, 0.2) is 0 Å². The molecule has 6 heteroatoms. The average molecular weight is 313 g/mol. The van der Waals surface area contributed by atoms with E-state index in [1.165, 1.54) is 18.2 Å². The molecule has 1 heterocycles. The van der Waals surface area contributed by atoms with Gasteiger partial charge >= 0.3 is 0 Å². The summed E-state index contributed by atoms with van der Waals surface area (Å²) in [5.41, 5.74) is 2.68. The number of amides is 1. The van der Waals surface area contributed by atoms with Gasteiger partial charge in [-0.05, 0) is 42.8 Å². The molecule has 0 fully saturated rings. The Kier molecular flexibility index (Phi) is 4.08. The van der Waals surface area contributed by atoms with Crippen LogP contribution in [0.3, 0.4) is 0 Å². The lowest BCUT2D eigenvalue weighted by atomic mass is 10.1. The third-order valence-corrected chi connectivity index (χ3v) is 3.64. The Morgan fingerprint density at radius 3 is 2.96 bits per heavy atom. The van der Waals surface area contributed by atoms with E-state index < -0.39 is 11.9 Å². The number of aliphatic hydroxyl groups excluding tert-OH is 1. The van der Waals surface area contributed by atoms with Crippen LogP contribution in [-0.4, -0.2) is 21.2 Å². The fourth-order valence-electron chi connectivity index (χ4n) is 2.44. The zero-order chi connectivity index (χ0) is 16.4. The van der Waals surface area contributed by atoms with Gasteiger partial charge in [-0.2, -0.15) is 5.10 Å². The van der Waals surface area contributed by atoms with E-state index in [9.17, 15) is 14.3 Å². The highest BCUT2D eigenvalue weighted by atomic mass is 19.1. The van der Waals surface area contributed by atoms with Gasteiger partial charge in [-0.15, -0.1) is 0 Å². The number of rotatable bonds is 4. The van der Waals surface area contributed by atoms with E-state index in [4.69, 9.17) is 0 Å². The highest BCUT2D eigenvalue weighted by molar-refractivity contribution is 5.94. The van der Waals surface area contributed by atoms with E-state index in [-0.39, 0.29) is 12.3 Å². The summed E-state index contributed by atoms with van der Waals surface area (Å²) < 4.78 is 13.1. The van der Waals surface area contributed by atoms with Gasteiger partial charge in [-0.25, -0.2) is 4.39 Å². The molecular formula is C17H16FN3O2. The molecule has 0 spiro atoms. The van der Waals surface area contributed by atoms with Gasteiger partial charge in [0.1, 0.15) is 5.82 Å². The van der Waals surface area contributed by atoms with E-state index in [0.29, 0.717) is 11.3 Å². The monoisotopic (exact) mass is 313 g/mol. The number of aromatic nitrogens is 2. The molecule has 3 rings (SSSR count). The molecule has 0 bridgehead atoms. The van der Waals surface area contributed by atoms with Crippen molar-refractivity contribution in [2.45, 2.75) is 19.4 Å². The summed E-state index contributed by atoms with van der Waals surface area (Å²) in [5, 5.41) is 20.7. The molecular weight excluding hydrogens is 297 g/mol. The molecule has 3 N–H and O–H groups in total. The molecule has 0 aliphatic carbocycles. The minimum absolute atomic E-state index is 0.152. The Morgan fingerprint density at radius 1 is 1.35 bits per heavy atom. The number of fused-ring (bicyclic) bond motifs is 1. The lowest BCUT2D eigenvalue weighted by Gasteiger charge is -2.11. The van der Waals surface area contributed by atoms with Crippen molar-refractivity contribution in [3.8, 4) is 0 Å². The highest BCUT2D eigenvalue weighted by Gasteiger charge is 2.14. The second-order valence-corrected chi connectivity index (χ2v) is 5.40. The Bertz CT molecular complexity index is 860. The highest BCUT2D eigenvalue weighted by Crippen LogP contribution is 2.21. The van der Waals surface area contributed by atoms with Gasteiger partial charge in [-0.1, -0.05) is 12.1 Å². The van der Waals surface area contributed by atoms with Crippen molar-refractivity contribution in [3.63, 3.8) is 0 Å². The van der Waals surface area contributed by atoms with Crippen LogP contribution in [0.15, 0.2) is 42.5 Å². The van der Waals surface area contributed by atoms with Crippen LogP contribution in [0.4, 0.5) is 10.1 Å². The van der Waals surface area contributed by atoms with E-state index in [1.54, 1.807) is 18.2 Å². The number of benzene rings is 2. The summed E-state index contributed by atoms with van der Waals surface area (Å²) in [6.45, 7) is 1.92. The lowest BCUT2D eigenvalue weighted by molar-refractivity contribution is -0.118. The second-order valence-electron chi connectivity index (χ2n) is 5.40. The molecule has 0 aliphatic rings. The Labute approximate surface area is 132 Å². The third kappa shape index (κ3) is 3.37. The predicted molar refractivity (Wildman–Crippen MR) is 85.4 cm³/mol. The quantitative estimate of drug-likeness (QED) is 0.692. The molecule has 1 atom stereocenters. The number of nitrogens with one attached hydrogen (secondary N) is 2. The van der Waals surface area contributed by atoms with Crippen LogP contribution < -0.4 is 5.32 Å². The maximum Gasteiger partial charge on any atom is 0.227 e. The number of hydrogen-bond acceptors (Lipinski definition) is 3. The minimum atomic E-state index is -1.05. The van der Waals surface area contributed by atoms with Gasteiger partial charge < -0.3 is 10.4 Å². The number of halogens is 1. The maximum atomic E-state index is 13.1. The molecule has 23 heavy (non-hydrogen) atoms. The lowest BCUT2D eigenvalue weighted by Crippen LogP contribution is -2.15. The first-order valence-corrected chi connectivity index (χ1v) is 7.21. The molecule has 3 aromatic rings. The number of aryl methyl sites for hydroxylation is 1. The zero-order valence-corrected chi connectivity index (χ0v) is 12.5. The zero-order valence-electron chi connectivity index (χ0n) is 12.5. The van der Waals surface area contributed by atoms with Crippen molar-refractivity contribution in [2.75, 3.05) is 5.32 Å². The van der Waals surface area contributed by atoms with Crippen LogP contribution in [0.5, 0.6) is 0 Å². The molecule has 0 aliphatic heterocycles. The maximum absolute atomic E-state index is 13.1. The van der Waals surface area contributed by atoms with Crippen molar-refractivity contribution in [3.05, 3.63) is 59.5 Å². The van der Waals surface area contributed by atoms with Crippen molar-refractivity contribution < 1.29 is 14.3 Å². The van der Waals surface area contributed by atoms with Crippen molar-refractivity contribution in [1.82, 2.24) is 10.2 Å². The summed E-state index contributed by atoms with van der Waals surface area (Å²) in [6, 6.07) is 11.0. The molecule has 5 nitrogen and oxygen atoms in total. The molecule has 0 radical (unpaired) electrons. The Morgan fingerprint density at radius 2 is 2.17 bits per heavy atom. The topological polar surface area (TPSA) is 78.0 Å². The van der Waals surface area contributed by atoms with Crippen molar-refractivity contribution in [1.29, 1.82) is 0 Å². The standard InChI is InChI=1S/C17H16FN3O2/c1-10-14-6-5-13(8-15(14)21-20-10)19-17(23)9-16(22)11-3-2-4-12(18)7-11/h2-8,16,22H,9H2,1H3,(H,19,23)(H,20,21). The number of H-pyrrole nitrogens is 1. The molecule has 1 amide bonds. The van der Waals surface area contributed by atoms with Crippen LogP contribution in [0, 0.1) is 12.7 Å². The molecule has 2 aromatic carbocycles. The van der Waals surface area contributed by atoms with Crippen LogP contribution in [-0.2, 0) is 4.79 Å². The number of nitrogens with zero attached hydrogens (tertiary/aromatic N) is 1. The molecule has 0 saturated carbocycles. The number of carbonyl (C=O) groups excluding carboxylic acids is 1. The summed E-state index contributed by atoms with van der Waals surface area (Å²) in [7, 11) is 0. The number of aliphatic hydroxyl groups is 1. The number of anilines is 1. The smallest absolute Gasteiger partial charge is 0.227 e. The van der Waals surface area contributed by atoms with Crippen LogP contribution >= 0.6 is 0 Å². The molecule has 1 unspecified atom stereocenters. The van der Waals surface area contributed by atoms with Crippen LogP contribution in [0.1, 0.15) is 23.8 Å². The Hall–Kier alpha value is -2.73. The Balaban J connectivity index is 1.68. The first-order chi connectivity index (χ1) is 11.0. The number of hydrogen-bond donors (Lipinski definition) is 3. The van der Waals surface area contributed by atoms with Gasteiger partial charge in [0.05, 0.1) is 18.0 Å². The SMILES string of the molecule is Cc1[nH]nc2cc(NC(=O)CC(O)c3cccc(F)c3)ccc12. The average Bonchev–Trinajstić information content (AvgIpc) is 2.88. The number of aromatic amines is 1. The largest absolute Gasteiger partial charge is 0.388 e. The van der Waals surface area contributed by atoms with E-state index in [1.807, 2.05) is 13.0 Å². The van der Waals surface area contributed by atoms with Gasteiger partial charge in [0, 0.05) is 16.8 Å². The normalized spacial score (nSPS) is 12.3. The predicted octanol–water partition coefficient (Wildman–Crippen LogP) is 3.07. The van der Waals surface area contributed by atoms with Gasteiger partial charge in [0.2, 0.25) is 5.91 Å². The molecule has 118 valence electrons. The third-order valence-electron chi connectivity index (χ3n) is 3.64. The molecule has 0 saturated heterocycles. The van der Waals surface area contributed by atoms with E-state index in [0.717, 1.165) is 16.6 Å². The van der Waals surface area contributed by atoms with Gasteiger partial charge in [0.25, 0.3) is 0 Å². The summed E-state index contributed by atoms with van der Waals surface area (Å²) in [5.74, 6) is -0.797. The van der Waals surface area contributed by atoms with E-state index >= 15 is 0 Å². The first-order valence-electron chi connectivity index (χ1n) is 7.21. The summed E-state index contributed by atoms with van der Waals surface area (Å²) >= 11 is 0. The van der Waals surface area contributed by atoms with Crippen LogP contribution in [0.25, 0.3) is 10.9 Å². The fraction of sp³-hybridized carbons (Fsp3) is 0.176. The van der Waals surface area contributed by atoms with Crippen molar-refractivity contribution in [2.24, 2.45) is 0 Å². The minimum Gasteiger partial charge on any atom is -0.388 e.